The fourth-order valence-corrected chi connectivity index (χ4v) is 0.882. The van der Waals surface area contributed by atoms with E-state index >= 15 is 0 Å². The van der Waals surface area contributed by atoms with E-state index in [1.165, 1.54) is 12.8 Å². The monoisotopic (exact) mass is 157 g/mol. The number of esters is 1. The predicted molar refractivity (Wildman–Crippen MR) is 45.1 cm³/mol. The summed E-state index contributed by atoms with van der Waals surface area (Å²) in [5, 5.41) is 0. The molecule has 2 nitrogen and oxygen atoms in total. The van der Waals surface area contributed by atoms with Gasteiger partial charge < -0.3 is 4.74 Å². The second kappa shape index (κ2) is 7.58. The maximum absolute atomic E-state index is 10.7. The minimum Gasteiger partial charge on any atom is -0.466 e. The Bertz CT molecular complexity index is 99.7. The molecule has 2 heteroatoms. The molecule has 0 aromatic rings. The summed E-state index contributed by atoms with van der Waals surface area (Å²) in [5.41, 5.74) is 0. The lowest BCUT2D eigenvalue weighted by molar-refractivity contribution is -0.142. The molecule has 0 rings (SSSR count). The number of unbranched alkanes of at least 4 members (excludes halogenated alkanes) is 3. The largest absolute Gasteiger partial charge is 0.466 e. The average molecular weight is 157 g/mol. The molecule has 0 atom stereocenters. The second-order valence-corrected chi connectivity index (χ2v) is 2.53. The van der Waals surface area contributed by atoms with Gasteiger partial charge in [-0.05, 0) is 13.3 Å². The number of carbonyl (C=O) groups is 1. The van der Waals surface area contributed by atoms with Crippen LogP contribution in [0.1, 0.15) is 39.0 Å². The lowest BCUT2D eigenvalue weighted by Gasteiger charge is -1.99. The topological polar surface area (TPSA) is 26.3 Å². The van der Waals surface area contributed by atoms with Crippen LogP contribution in [-0.2, 0) is 9.53 Å². The van der Waals surface area contributed by atoms with Crippen molar-refractivity contribution >= 4 is 5.97 Å². The normalized spacial score (nSPS) is 9.64. The molecular formula is C9H17O2. The maximum atomic E-state index is 10.7. The standard InChI is InChI=1S/C9H17O2/c1-3-5-6-7-8-9(10)11-4-2/h2-8H2,1H3. The van der Waals surface area contributed by atoms with E-state index in [0.717, 1.165) is 12.8 Å². The van der Waals surface area contributed by atoms with E-state index in [1.807, 2.05) is 0 Å². The molecule has 0 aromatic carbocycles. The highest BCUT2D eigenvalue weighted by molar-refractivity contribution is 5.69. The van der Waals surface area contributed by atoms with Crippen molar-refractivity contribution in [2.24, 2.45) is 0 Å². The van der Waals surface area contributed by atoms with Crippen molar-refractivity contribution in [3.63, 3.8) is 0 Å². The van der Waals surface area contributed by atoms with E-state index in [-0.39, 0.29) is 12.6 Å². The van der Waals surface area contributed by atoms with Crippen LogP contribution in [0.3, 0.4) is 0 Å². The molecule has 0 amide bonds. The molecule has 0 saturated carbocycles. The Morgan fingerprint density at radius 1 is 1.36 bits per heavy atom. The van der Waals surface area contributed by atoms with Crippen molar-refractivity contribution in [3.05, 3.63) is 6.92 Å². The van der Waals surface area contributed by atoms with E-state index in [1.54, 1.807) is 0 Å². The molecule has 0 aliphatic rings. The molecule has 0 aliphatic carbocycles. The fourth-order valence-electron chi connectivity index (χ4n) is 0.882. The zero-order valence-electron chi connectivity index (χ0n) is 7.27. The van der Waals surface area contributed by atoms with Crippen LogP contribution in [0.25, 0.3) is 0 Å². The fraction of sp³-hybridized carbons (Fsp3) is 0.778. The van der Waals surface area contributed by atoms with Crippen LogP contribution >= 0.6 is 0 Å². The molecular weight excluding hydrogens is 140 g/mol. The Labute approximate surface area is 68.9 Å². The first-order chi connectivity index (χ1) is 5.31. The Balaban J connectivity index is 3.04. The third-order valence-corrected chi connectivity index (χ3v) is 1.50. The van der Waals surface area contributed by atoms with Crippen LogP contribution in [0.2, 0.25) is 0 Å². The molecule has 0 bridgehead atoms. The number of hydrogen-bond acceptors (Lipinski definition) is 2. The van der Waals surface area contributed by atoms with Crippen LogP contribution in [0.15, 0.2) is 0 Å². The van der Waals surface area contributed by atoms with Crippen molar-refractivity contribution in [2.75, 3.05) is 6.61 Å². The maximum Gasteiger partial charge on any atom is 0.305 e. The summed E-state index contributed by atoms with van der Waals surface area (Å²) in [6, 6.07) is 0. The molecule has 11 heavy (non-hydrogen) atoms. The van der Waals surface area contributed by atoms with Gasteiger partial charge in [-0.3, -0.25) is 4.79 Å². The summed E-state index contributed by atoms with van der Waals surface area (Å²) in [6.45, 7) is 5.83. The van der Waals surface area contributed by atoms with E-state index < -0.39 is 0 Å². The Hall–Kier alpha value is -0.530. The number of carbonyl (C=O) groups excluding carboxylic acids is 1. The quantitative estimate of drug-likeness (QED) is 0.437. The van der Waals surface area contributed by atoms with Gasteiger partial charge in [0.05, 0.1) is 6.61 Å². The molecule has 1 radical (unpaired) electrons. The first-order valence-electron chi connectivity index (χ1n) is 4.26. The summed E-state index contributed by atoms with van der Waals surface area (Å²) < 4.78 is 4.67. The highest BCUT2D eigenvalue weighted by atomic mass is 16.5. The van der Waals surface area contributed by atoms with E-state index in [9.17, 15) is 4.79 Å². The number of rotatable bonds is 6. The Kier molecular flexibility index (Phi) is 7.21. The summed E-state index contributed by atoms with van der Waals surface area (Å²) in [5.74, 6) is -0.115. The smallest absolute Gasteiger partial charge is 0.305 e. The first-order valence-corrected chi connectivity index (χ1v) is 4.26. The van der Waals surface area contributed by atoms with Crippen molar-refractivity contribution < 1.29 is 9.53 Å². The number of ether oxygens (including phenoxy) is 1. The van der Waals surface area contributed by atoms with Gasteiger partial charge in [-0.25, -0.2) is 0 Å². The summed E-state index contributed by atoms with van der Waals surface area (Å²) >= 11 is 0. The molecule has 0 unspecified atom stereocenters. The third-order valence-electron chi connectivity index (χ3n) is 1.50. The van der Waals surface area contributed by atoms with Crippen LogP contribution in [0.4, 0.5) is 0 Å². The van der Waals surface area contributed by atoms with Crippen molar-refractivity contribution in [2.45, 2.75) is 39.0 Å². The molecule has 0 N–H and O–H groups in total. The van der Waals surface area contributed by atoms with Gasteiger partial charge in [0.15, 0.2) is 0 Å². The number of hydrogen-bond donors (Lipinski definition) is 0. The van der Waals surface area contributed by atoms with Crippen LogP contribution in [0, 0.1) is 6.92 Å². The van der Waals surface area contributed by atoms with E-state index in [4.69, 9.17) is 0 Å². The minimum atomic E-state index is -0.115. The molecule has 0 aliphatic heterocycles. The Morgan fingerprint density at radius 3 is 2.64 bits per heavy atom. The van der Waals surface area contributed by atoms with Crippen molar-refractivity contribution in [1.82, 2.24) is 0 Å². The van der Waals surface area contributed by atoms with E-state index in [0.29, 0.717) is 6.42 Å². The Morgan fingerprint density at radius 2 is 2.09 bits per heavy atom. The lowest BCUT2D eigenvalue weighted by atomic mass is 10.2. The van der Waals surface area contributed by atoms with Gasteiger partial charge in [-0.15, -0.1) is 0 Å². The highest BCUT2D eigenvalue weighted by Gasteiger charge is 1.99. The average Bonchev–Trinajstić information content (AvgIpc) is 1.99. The first kappa shape index (κ1) is 10.5. The molecule has 65 valence electrons. The van der Waals surface area contributed by atoms with Gasteiger partial charge in [-0.1, -0.05) is 26.2 Å². The SMILES string of the molecule is [CH2]COC(=O)CCCCCC. The minimum absolute atomic E-state index is 0.115. The molecule has 0 aromatic heterocycles. The second-order valence-electron chi connectivity index (χ2n) is 2.53. The lowest BCUT2D eigenvalue weighted by Crippen LogP contribution is -2.03. The predicted octanol–water partition coefficient (Wildman–Crippen LogP) is 2.33. The van der Waals surface area contributed by atoms with Gasteiger partial charge in [0.1, 0.15) is 0 Å². The van der Waals surface area contributed by atoms with Gasteiger partial charge in [0.2, 0.25) is 0 Å². The van der Waals surface area contributed by atoms with Crippen LogP contribution in [0.5, 0.6) is 0 Å². The van der Waals surface area contributed by atoms with Gasteiger partial charge in [-0.2, -0.15) is 0 Å². The zero-order valence-corrected chi connectivity index (χ0v) is 7.27. The highest BCUT2D eigenvalue weighted by Crippen LogP contribution is 2.02. The van der Waals surface area contributed by atoms with E-state index in [2.05, 4.69) is 18.6 Å². The van der Waals surface area contributed by atoms with Gasteiger partial charge in [0.25, 0.3) is 0 Å². The summed E-state index contributed by atoms with van der Waals surface area (Å²) in [6.07, 6.45) is 5.03. The molecule has 0 spiro atoms. The molecule has 0 heterocycles. The van der Waals surface area contributed by atoms with Crippen LogP contribution < -0.4 is 0 Å². The molecule has 0 fully saturated rings. The van der Waals surface area contributed by atoms with Gasteiger partial charge >= 0.3 is 5.97 Å². The summed E-state index contributed by atoms with van der Waals surface area (Å²) in [4.78, 5) is 10.7. The van der Waals surface area contributed by atoms with Crippen molar-refractivity contribution in [3.8, 4) is 0 Å². The van der Waals surface area contributed by atoms with Crippen molar-refractivity contribution in [1.29, 1.82) is 0 Å². The third kappa shape index (κ3) is 7.37. The van der Waals surface area contributed by atoms with Crippen LogP contribution in [-0.4, -0.2) is 12.6 Å². The van der Waals surface area contributed by atoms with Gasteiger partial charge in [0, 0.05) is 6.42 Å². The summed E-state index contributed by atoms with van der Waals surface area (Å²) in [7, 11) is 0. The zero-order chi connectivity index (χ0) is 8.53. The molecule has 0 saturated heterocycles.